The first-order valence-corrected chi connectivity index (χ1v) is 10.2. The van der Waals surface area contributed by atoms with Gasteiger partial charge in [-0.15, -0.1) is 11.8 Å². The highest BCUT2D eigenvalue weighted by molar-refractivity contribution is 7.98. The van der Waals surface area contributed by atoms with Crippen molar-refractivity contribution in [2.75, 3.05) is 0 Å². The van der Waals surface area contributed by atoms with Gasteiger partial charge in [0.15, 0.2) is 0 Å². The van der Waals surface area contributed by atoms with Crippen molar-refractivity contribution in [3.05, 3.63) is 99.9 Å². The summed E-state index contributed by atoms with van der Waals surface area (Å²) in [5.74, 6) is 0.586. The van der Waals surface area contributed by atoms with E-state index in [4.69, 9.17) is 23.2 Å². The fraction of sp³-hybridized carbons (Fsp3) is 0.0909. The van der Waals surface area contributed by atoms with Crippen molar-refractivity contribution >= 4 is 45.9 Å². The van der Waals surface area contributed by atoms with Crippen LogP contribution in [0.2, 0.25) is 10.0 Å². The monoisotopic (exact) mass is 415 g/mol. The van der Waals surface area contributed by atoms with Crippen LogP contribution in [0.5, 0.6) is 0 Å². The fourth-order valence-electron chi connectivity index (χ4n) is 3.08. The molecule has 0 aliphatic rings. The minimum atomic E-state index is -0.210. The number of hydrogen-bond acceptors (Lipinski definition) is 1. The number of benzene rings is 3. The highest BCUT2D eigenvalue weighted by Crippen LogP contribution is 2.33. The van der Waals surface area contributed by atoms with Gasteiger partial charge in [-0.25, -0.2) is 4.39 Å². The molecule has 0 amide bonds. The van der Waals surface area contributed by atoms with Crippen LogP contribution >= 0.6 is 35.0 Å². The maximum absolute atomic E-state index is 13.5. The SMILES string of the molecule is Fc1cccc(Cn2cc(SCc3ccc(Cl)c(Cl)c3)c3ccccc32)c1. The summed E-state index contributed by atoms with van der Waals surface area (Å²) in [6.45, 7) is 0.631. The molecule has 136 valence electrons. The Labute approximate surface area is 171 Å². The van der Waals surface area contributed by atoms with E-state index in [0.29, 0.717) is 16.6 Å². The number of aromatic nitrogens is 1. The van der Waals surface area contributed by atoms with Gasteiger partial charge in [-0.2, -0.15) is 0 Å². The van der Waals surface area contributed by atoms with Gasteiger partial charge < -0.3 is 4.57 Å². The van der Waals surface area contributed by atoms with E-state index in [2.05, 4.69) is 22.9 Å². The zero-order chi connectivity index (χ0) is 18.8. The Bertz CT molecular complexity index is 1110. The molecule has 0 aliphatic carbocycles. The topological polar surface area (TPSA) is 4.93 Å². The van der Waals surface area contributed by atoms with E-state index in [1.807, 2.05) is 36.4 Å². The van der Waals surface area contributed by atoms with Gasteiger partial charge in [0, 0.05) is 34.3 Å². The van der Waals surface area contributed by atoms with Crippen LogP contribution < -0.4 is 0 Å². The summed E-state index contributed by atoms with van der Waals surface area (Å²) < 4.78 is 15.7. The predicted octanol–water partition coefficient (Wildman–Crippen LogP) is 7.43. The summed E-state index contributed by atoms with van der Waals surface area (Å²) in [6, 6.07) is 20.7. The zero-order valence-electron chi connectivity index (χ0n) is 14.3. The van der Waals surface area contributed by atoms with Crippen LogP contribution in [0.4, 0.5) is 4.39 Å². The average Bonchev–Trinajstić information content (AvgIpc) is 3.01. The first-order chi connectivity index (χ1) is 13.1. The predicted molar refractivity (Wildman–Crippen MR) is 113 cm³/mol. The van der Waals surface area contributed by atoms with E-state index in [9.17, 15) is 4.39 Å². The first kappa shape index (κ1) is 18.4. The van der Waals surface area contributed by atoms with Crippen LogP contribution in [0.3, 0.4) is 0 Å². The molecule has 0 bridgehead atoms. The molecular formula is C22H16Cl2FNS. The molecule has 1 aromatic heterocycles. The van der Waals surface area contributed by atoms with Gasteiger partial charge in [0.05, 0.1) is 10.0 Å². The molecule has 0 saturated heterocycles. The van der Waals surface area contributed by atoms with E-state index in [-0.39, 0.29) is 5.82 Å². The second-order valence-electron chi connectivity index (χ2n) is 6.31. The summed E-state index contributed by atoms with van der Waals surface area (Å²) in [6.07, 6.45) is 2.14. The Morgan fingerprint density at radius 2 is 1.70 bits per heavy atom. The normalized spacial score (nSPS) is 11.2. The lowest BCUT2D eigenvalue weighted by atomic mass is 10.2. The summed E-state index contributed by atoms with van der Waals surface area (Å²) >= 11 is 13.9. The van der Waals surface area contributed by atoms with Gasteiger partial charge in [0.1, 0.15) is 5.82 Å². The van der Waals surface area contributed by atoms with Crippen LogP contribution in [0.15, 0.2) is 77.8 Å². The maximum Gasteiger partial charge on any atom is 0.123 e. The standard InChI is InChI=1S/C22H16Cl2FNS/c23-19-9-8-16(11-20(19)24)14-27-22-13-26(21-7-2-1-6-18(21)22)12-15-4-3-5-17(25)10-15/h1-11,13H,12,14H2. The van der Waals surface area contributed by atoms with E-state index < -0.39 is 0 Å². The van der Waals surface area contributed by atoms with Crippen molar-refractivity contribution < 1.29 is 4.39 Å². The fourth-order valence-corrected chi connectivity index (χ4v) is 4.43. The van der Waals surface area contributed by atoms with Crippen LogP contribution in [-0.2, 0) is 12.3 Å². The molecule has 0 aliphatic heterocycles. The molecule has 1 heterocycles. The van der Waals surface area contributed by atoms with Crippen LogP contribution in [0.25, 0.3) is 10.9 Å². The second kappa shape index (κ2) is 7.97. The Kier molecular flexibility index (Phi) is 5.44. The van der Waals surface area contributed by atoms with Crippen molar-refractivity contribution in [2.45, 2.75) is 17.2 Å². The first-order valence-electron chi connectivity index (χ1n) is 8.49. The molecule has 4 aromatic rings. The van der Waals surface area contributed by atoms with Gasteiger partial charge in [0.25, 0.3) is 0 Å². The molecule has 0 N–H and O–H groups in total. The van der Waals surface area contributed by atoms with Crippen LogP contribution in [-0.4, -0.2) is 4.57 Å². The van der Waals surface area contributed by atoms with Gasteiger partial charge in [-0.3, -0.25) is 0 Å². The third kappa shape index (κ3) is 4.16. The molecule has 3 aromatic carbocycles. The lowest BCUT2D eigenvalue weighted by Crippen LogP contribution is -1.98. The Hall–Kier alpha value is -1.94. The number of fused-ring (bicyclic) bond motifs is 1. The van der Waals surface area contributed by atoms with Crippen LogP contribution in [0, 0.1) is 5.82 Å². The lowest BCUT2D eigenvalue weighted by Gasteiger charge is -2.05. The van der Waals surface area contributed by atoms with Crippen LogP contribution in [0.1, 0.15) is 11.1 Å². The molecule has 4 rings (SSSR count). The largest absolute Gasteiger partial charge is 0.342 e. The smallest absolute Gasteiger partial charge is 0.123 e. The molecule has 0 spiro atoms. The van der Waals surface area contributed by atoms with Crippen molar-refractivity contribution in [3.8, 4) is 0 Å². The van der Waals surface area contributed by atoms with E-state index >= 15 is 0 Å². The quantitative estimate of drug-likeness (QED) is 0.306. The number of para-hydroxylation sites is 1. The van der Waals surface area contributed by atoms with Crippen molar-refractivity contribution in [1.82, 2.24) is 4.57 Å². The molecular weight excluding hydrogens is 400 g/mol. The molecule has 1 nitrogen and oxygen atoms in total. The summed E-state index contributed by atoms with van der Waals surface area (Å²) in [5.41, 5.74) is 3.20. The van der Waals surface area contributed by atoms with Gasteiger partial charge in [-0.1, -0.05) is 59.6 Å². The molecule has 0 unspecified atom stereocenters. The molecule has 27 heavy (non-hydrogen) atoms. The molecule has 0 atom stereocenters. The highest BCUT2D eigenvalue weighted by Gasteiger charge is 2.10. The number of hydrogen-bond donors (Lipinski definition) is 0. The average molecular weight is 416 g/mol. The summed E-state index contributed by atoms with van der Waals surface area (Å²) in [7, 11) is 0. The third-order valence-corrected chi connectivity index (χ3v) is 6.23. The van der Waals surface area contributed by atoms with E-state index in [1.165, 1.54) is 16.3 Å². The Morgan fingerprint density at radius 3 is 2.52 bits per heavy atom. The zero-order valence-corrected chi connectivity index (χ0v) is 16.7. The van der Waals surface area contributed by atoms with Crippen molar-refractivity contribution in [2.24, 2.45) is 0 Å². The number of halogens is 3. The van der Waals surface area contributed by atoms with E-state index in [1.54, 1.807) is 23.9 Å². The van der Waals surface area contributed by atoms with Gasteiger partial charge >= 0.3 is 0 Å². The molecule has 0 fully saturated rings. The third-order valence-electron chi connectivity index (χ3n) is 4.37. The van der Waals surface area contributed by atoms with Gasteiger partial charge in [0.2, 0.25) is 0 Å². The number of thioether (sulfide) groups is 1. The summed E-state index contributed by atoms with van der Waals surface area (Å²) in [4.78, 5) is 1.19. The lowest BCUT2D eigenvalue weighted by molar-refractivity contribution is 0.624. The van der Waals surface area contributed by atoms with Crippen molar-refractivity contribution in [3.63, 3.8) is 0 Å². The van der Waals surface area contributed by atoms with Crippen molar-refractivity contribution in [1.29, 1.82) is 0 Å². The van der Waals surface area contributed by atoms with E-state index in [0.717, 1.165) is 22.4 Å². The minimum Gasteiger partial charge on any atom is -0.342 e. The number of nitrogens with zero attached hydrogens (tertiary/aromatic N) is 1. The molecule has 0 saturated carbocycles. The number of rotatable bonds is 5. The second-order valence-corrected chi connectivity index (χ2v) is 8.14. The maximum atomic E-state index is 13.5. The molecule has 0 radical (unpaired) electrons. The molecule has 5 heteroatoms. The Balaban J connectivity index is 1.62. The Morgan fingerprint density at radius 1 is 0.852 bits per heavy atom. The summed E-state index contributed by atoms with van der Waals surface area (Å²) in [5, 5.41) is 2.33. The highest BCUT2D eigenvalue weighted by atomic mass is 35.5. The van der Waals surface area contributed by atoms with Gasteiger partial charge in [-0.05, 0) is 41.5 Å². The minimum absolute atomic E-state index is 0.210.